The van der Waals surface area contributed by atoms with E-state index in [2.05, 4.69) is 9.97 Å². The molecule has 0 aliphatic rings. The van der Waals surface area contributed by atoms with Crippen LogP contribution in [0.5, 0.6) is 0 Å². The molecule has 5 heteroatoms. The molecule has 0 aliphatic carbocycles. The van der Waals surface area contributed by atoms with Crippen molar-refractivity contribution in [2.45, 2.75) is 6.92 Å². The second kappa shape index (κ2) is 5.30. The molecule has 0 atom stereocenters. The van der Waals surface area contributed by atoms with E-state index in [-0.39, 0.29) is 11.3 Å². The number of nitrogens with one attached hydrogen (secondary N) is 2. The number of aromatic amines is 2. The molecule has 2 N–H and O–H groups in total. The smallest absolute Gasteiger partial charge is 0.314 e. The zero-order valence-electron chi connectivity index (χ0n) is 10.3. The van der Waals surface area contributed by atoms with Crippen molar-refractivity contribution in [3.63, 3.8) is 0 Å². The molecule has 1 aromatic heterocycles. The Kier molecular flexibility index (Phi) is 3.56. The number of hydrogen-bond donors (Lipinski definition) is 2. The van der Waals surface area contributed by atoms with Crippen LogP contribution in [0.25, 0.3) is 6.08 Å². The van der Waals surface area contributed by atoms with Crippen LogP contribution in [0.15, 0.2) is 46.1 Å². The van der Waals surface area contributed by atoms with E-state index in [1.54, 1.807) is 12.1 Å². The number of aryl methyl sites for hydroxylation is 1. The van der Waals surface area contributed by atoms with Crippen LogP contribution in [0.4, 0.5) is 0 Å². The highest BCUT2D eigenvalue weighted by atomic mass is 16.2. The van der Waals surface area contributed by atoms with E-state index in [0.717, 1.165) is 5.56 Å². The van der Waals surface area contributed by atoms with Crippen LogP contribution >= 0.6 is 0 Å². The van der Waals surface area contributed by atoms with Crippen LogP contribution < -0.4 is 11.2 Å². The highest BCUT2D eigenvalue weighted by molar-refractivity contribution is 6.06. The lowest BCUT2D eigenvalue weighted by Crippen LogP contribution is -2.22. The first-order valence-corrected chi connectivity index (χ1v) is 5.67. The Hall–Kier alpha value is -2.69. The molecule has 0 aliphatic heterocycles. The molecule has 2 aromatic rings. The number of benzene rings is 1. The number of H-pyrrole nitrogens is 2. The van der Waals surface area contributed by atoms with E-state index in [4.69, 9.17) is 0 Å². The van der Waals surface area contributed by atoms with Crippen molar-refractivity contribution in [2.24, 2.45) is 0 Å². The first kappa shape index (κ1) is 12.8. The minimum Gasteiger partial charge on any atom is -0.314 e. The predicted molar refractivity (Wildman–Crippen MR) is 72.2 cm³/mol. The van der Waals surface area contributed by atoms with Gasteiger partial charge in [0.2, 0.25) is 0 Å². The normalized spacial score (nSPS) is 10.8. The van der Waals surface area contributed by atoms with Crippen LogP contribution in [0.1, 0.15) is 21.5 Å². The van der Waals surface area contributed by atoms with Gasteiger partial charge < -0.3 is 4.98 Å². The summed E-state index contributed by atoms with van der Waals surface area (Å²) in [5.41, 5.74) is 0.726. The number of carbonyl (C=O) groups excluding carboxylic acids is 1. The third-order valence-corrected chi connectivity index (χ3v) is 2.60. The van der Waals surface area contributed by atoms with Crippen molar-refractivity contribution >= 4 is 11.9 Å². The lowest BCUT2D eigenvalue weighted by molar-refractivity contribution is 0.104. The zero-order chi connectivity index (χ0) is 13.8. The molecule has 2 rings (SSSR count). The third-order valence-electron chi connectivity index (χ3n) is 2.60. The molecule has 0 bridgehead atoms. The number of carbonyl (C=O) groups is 1. The summed E-state index contributed by atoms with van der Waals surface area (Å²) in [7, 11) is 0. The molecule has 0 unspecified atom stereocenters. The van der Waals surface area contributed by atoms with Crippen molar-refractivity contribution < 1.29 is 4.79 Å². The summed E-state index contributed by atoms with van der Waals surface area (Å²) in [6, 6.07) is 7.12. The average molecular weight is 256 g/mol. The summed E-state index contributed by atoms with van der Waals surface area (Å²) >= 11 is 0. The maximum absolute atomic E-state index is 11.8. The molecule has 5 nitrogen and oxygen atoms in total. The fourth-order valence-corrected chi connectivity index (χ4v) is 1.52. The van der Waals surface area contributed by atoms with Crippen molar-refractivity contribution in [3.05, 3.63) is 74.1 Å². The van der Waals surface area contributed by atoms with Gasteiger partial charge in [0.1, 0.15) is 0 Å². The van der Waals surface area contributed by atoms with Gasteiger partial charge in [-0.05, 0) is 19.1 Å². The van der Waals surface area contributed by atoms with Gasteiger partial charge in [0, 0.05) is 11.8 Å². The van der Waals surface area contributed by atoms with Gasteiger partial charge in [0.05, 0.1) is 5.56 Å². The minimum absolute atomic E-state index is 0.203. The number of ketones is 1. The number of hydrogen-bond acceptors (Lipinski definition) is 3. The highest BCUT2D eigenvalue weighted by Gasteiger charge is 2.01. The Morgan fingerprint density at radius 3 is 2.47 bits per heavy atom. The Bertz CT molecular complexity index is 736. The van der Waals surface area contributed by atoms with E-state index in [0.29, 0.717) is 5.56 Å². The van der Waals surface area contributed by atoms with Crippen molar-refractivity contribution in [1.29, 1.82) is 0 Å². The van der Waals surface area contributed by atoms with E-state index in [1.165, 1.54) is 18.3 Å². The van der Waals surface area contributed by atoms with Crippen LogP contribution in [0, 0.1) is 6.92 Å². The Morgan fingerprint density at radius 2 is 1.84 bits per heavy atom. The van der Waals surface area contributed by atoms with Gasteiger partial charge in [-0.25, -0.2) is 4.79 Å². The van der Waals surface area contributed by atoms with Gasteiger partial charge in [-0.3, -0.25) is 14.6 Å². The molecule has 1 aromatic carbocycles. The van der Waals surface area contributed by atoms with Crippen molar-refractivity contribution in [1.82, 2.24) is 9.97 Å². The molecule has 0 spiro atoms. The molecular formula is C14H12N2O3. The Morgan fingerprint density at radius 1 is 1.16 bits per heavy atom. The molecule has 96 valence electrons. The topological polar surface area (TPSA) is 82.8 Å². The van der Waals surface area contributed by atoms with Gasteiger partial charge in [-0.1, -0.05) is 29.8 Å². The maximum Gasteiger partial charge on any atom is 0.325 e. The van der Waals surface area contributed by atoms with E-state index in [9.17, 15) is 14.4 Å². The summed E-state index contributed by atoms with van der Waals surface area (Å²) in [6.45, 7) is 1.93. The monoisotopic (exact) mass is 256 g/mol. The van der Waals surface area contributed by atoms with Crippen LogP contribution in [-0.2, 0) is 0 Å². The number of allylic oxidation sites excluding steroid dienone is 1. The van der Waals surface area contributed by atoms with Gasteiger partial charge in [0.25, 0.3) is 5.56 Å². The molecule has 19 heavy (non-hydrogen) atoms. The largest absolute Gasteiger partial charge is 0.325 e. The Labute approximate surface area is 108 Å². The van der Waals surface area contributed by atoms with Crippen LogP contribution in [-0.4, -0.2) is 15.8 Å². The van der Waals surface area contributed by atoms with Gasteiger partial charge in [0.15, 0.2) is 5.78 Å². The van der Waals surface area contributed by atoms with Crippen LogP contribution in [0.2, 0.25) is 0 Å². The zero-order valence-corrected chi connectivity index (χ0v) is 10.3. The van der Waals surface area contributed by atoms with Crippen molar-refractivity contribution in [2.75, 3.05) is 0 Å². The molecular weight excluding hydrogens is 244 g/mol. The summed E-state index contributed by atoms with van der Waals surface area (Å²) in [4.78, 5) is 38.5. The molecule has 0 amide bonds. The predicted octanol–water partition coefficient (Wildman–Crippen LogP) is 1.27. The third kappa shape index (κ3) is 3.16. The summed E-state index contributed by atoms with van der Waals surface area (Å²) < 4.78 is 0. The SMILES string of the molecule is Cc1ccc(C(=O)/C=C/c2c[nH]c(=O)[nH]c2=O)cc1. The highest BCUT2D eigenvalue weighted by Crippen LogP contribution is 2.05. The summed E-state index contributed by atoms with van der Waals surface area (Å²) in [5.74, 6) is -0.203. The quantitative estimate of drug-likeness (QED) is 0.640. The molecule has 0 saturated heterocycles. The number of aromatic nitrogens is 2. The Balaban J connectivity index is 2.23. The lowest BCUT2D eigenvalue weighted by atomic mass is 10.1. The first-order valence-electron chi connectivity index (χ1n) is 5.67. The van der Waals surface area contributed by atoms with Gasteiger partial charge >= 0.3 is 5.69 Å². The summed E-state index contributed by atoms with van der Waals surface area (Å²) in [5, 5.41) is 0. The molecule has 0 radical (unpaired) electrons. The standard InChI is InChI=1S/C14H12N2O3/c1-9-2-4-10(5-3-9)12(17)7-6-11-8-15-14(19)16-13(11)18/h2-8H,1H3,(H2,15,16,18,19)/b7-6+. The molecule has 0 saturated carbocycles. The molecule has 1 heterocycles. The fraction of sp³-hybridized carbons (Fsp3) is 0.0714. The van der Waals surface area contributed by atoms with E-state index >= 15 is 0 Å². The van der Waals surface area contributed by atoms with Gasteiger partial charge in [-0.15, -0.1) is 0 Å². The van der Waals surface area contributed by atoms with Crippen LogP contribution in [0.3, 0.4) is 0 Å². The van der Waals surface area contributed by atoms with Gasteiger partial charge in [-0.2, -0.15) is 0 Å². The van der Waals surface area contributed by atoms with Crippen molar-refractivity contribution in [3.8, 4) is 0 Å². The van der Waals surface area contributed by atoms with E-state index < -0.39 is 11.2 Å². The fourth-order valence-electron chi connectivity index (χ4n) is 1.52. The average Bonchev–Trinajstić information content (AvgIpc) is 2.38. The first-order chi connectivity index (χ1) is 9.06. The summed E-state index contributed by atoms with van der Waals surface area (Å²) in [6.07, 6.45) is 3.94. The molecule has 0 fully saturated rings. The second-order valence-electron chi connectivity index (χ2n) is 4.09. The minimum atomic E-state index is -0.577. The van der Waals surface area contributed by atoms with E-state index in [1.807, 2.05) is 19.1 Å². The number of rotatable bonds is 3. The second-order valence-corrected chi connectivity index (χ2v) is 4.09. The lowest BCUT2D eigenvalue weighted by Gasteiger charge is -1.96. The maximum atomic E-state index is 11.8.